The second kappa shape index (κ2) is 7.04. The molecule has 0 spiro atoms. The van der Waals surface area contributed by atoms with Gasteiger partial charge in [-0.1, -0.05) is 26.8 Å². The zero-order chi connectivity index (χ0) is 14.5. The van der Waals surface area contributed by atoms with Gasteiger partial charge in [0.2, 0.25) is 0 Å². The van der Waals surface area contributed by atoms with Gasteiger partial charge in [0.1, 0.15) is 5.82 Å². The summed E-state index contributed by atoms with van der Waals surface area (Å²) in [6.07, 6.45) is 0. The Kier molecular flexibility index (Phi) is 5.38. The SMILES string of the molecule is CCN1CCN(c2cccc(F)c2CNC(C)C)CC1. The van der Waals surface area contributed by atoms with Gasteiger partial charge < -0.3 is 15.1 Å². The highest BCUT2D eigenvalue weighted by Crippen LogP contribution is 2.24. The molecule has 1 aromatic rings. The fourth-order valence-corrected chi connectivity index (χ4v) is 2.63. The highest BCUT2D eigenvalue weighted by molar-refractivity contribution is 5.54. The second-order valence-electron chi connectivity index (χ2n) is 5.69. The van der Waals surface area contributed by atoms with Crippen molar-refractivity contribution in [3.8, 4) is 0 Å². The molecule has 1 saturated heterocycles. The molecule has 1 aromatic carbocycles. The first kappa shape index (κ1) is 15.3. The predicted molar refractivity (Wildman–Crippen MR) is 82.7 cm³/mol. The van der Waals surface area contributed by atoms with Crippen molar-refractivity contribution in [2.75, 3.05) is 37.6 Å². The third-order valence-corrected chi connectivity index (χ3v) is 3.94. The third-order valence-electron chi connectivity index (χ3n) is 3.94. The average Bonchev–Trinajstić information content (AvgIpc) is 2.45. The van der Waals surface area contributed by atoms with Crippen LogP contribution in [0.3, 0.4) is 0 Å². The fraction of sp³-hybridized carbons (Fsp3) is 0.625. The number of benzene rings is 1. The average molecular weight is 279 g/mol. The Hall–Kier alpha value is -1.13. The number of likely N-dealkylation sites (N-methyl/N-ethyl adjacent to an activating group) is 1. The summed E-state index contributed by atoms with van der Waals surface area (Å²) >= 11 is 0. The van der Waals surface area contributed by atoms with Crippen LogP contribution in [0.5, 0.6) is 0 Å². The predicted octanol–water partition coefficient (Wildman–Crippen LogP) is 2.47. The zero-order valence-electron chi connectivity index (χ0n) is 12.8. The molecule has 3 nitrogen and oxygen atoms in total. The summed E-state index contributed by atoms with van der Waals surface area (Å²) < 4.78 is 14.1. The van der Waals surface area contributed by atoms with Crippen molar-refractivity contribution in [1.82, 2.24) is 10.2 Å². The summed E-state index contributed by atoms with van der Waals surface area (Å²) in [6, 6.07) is 5.78. The Morgan fingerprint density at radius 2 is 1.90 bits per heavy atom. The van der Waals surface area contributed by atoms with Crippen molar-refractivity contribution in [3.63, 3.8) is 0 Å². The topological polar surface area (TPSA) is 18.5 Å². The van der Waals surface area contributed by atoms with E-state index in [1.54, 1.807) is 6.07 Å². The second-order valence-corrected chi connectivity index (χ2v) is 5.69. The van der Waals surface area contributed by atoms with E-state index in [1.807, 2.05) is 12.1 Å². The van der Waals surface area contributed by atoms with Gasteiger partial charge in [-0.2, -0.15) is 0 Å². The zero-order valence-corrected chi connectivity index (χ0v) is 12.8. The maximum absolute atomic E-state index is 14.1. The molecule has 1 aliphatic rings. The molecular weight excluding hydrogens is 253 g/mol. The van der Waals surface area contributed by atoms with Crippen LogP contribution in [0.2, 0.25) is 0 Å². The monoisotopic (exact) mass is 279 g/mol. The summed E-state index contributed by atoms with van der Waals surface area (Å²) in [6.45, 7) is 12.1. The Balaban J connectivity index is 2.12. The summed E-state index contributed by atoms with van der Waals surface area (Å²) in [4.78, 5) is 4.74. The van der Waals surface area contributed by atoms with Crippen LogP contribution < -0.4 is 10.2 Å². The van der Waals surface area contributed by atoms with Gasteiger partial charge >= 0.3 is 0 Å². The van der Waals surface area contributed by atoms with Gasteiger partial charge in [0, 0.05) is 50.0 Å². The molecule has 1 fully saturated rings. The van der Waals surface area contributed by atoms with Crippen LogP contribution in [0.4, 0.5) is 10.1 Å². The molecule has 0 bridgehead atoms. The van der Waals surface area contributed by atoms with E-state index in [9.17, 15) is 4.39 Å². The molecule has 1 aliphatic heterocycles. The van der Waals surface area contributed by atoms with E-state index in [1.165, 1.54) is 0 Å². The minimum Gasteiger partial charge on any atom is -0.369 e. The van der Waals surface area contributed by atoms with Crippen LogP contribution in [-0.2, 0) is 6.54 Å². The highest BCUT2D eigenvalue weighted by Gasteiger charge is 2.19. The van der Waals surface area contributed by atoms with Crippen LogP contribution in [0.25, 0.3) is 0 Å². The maximum atomic E-state index is 14.1. The van der Waals surface area contributed by atoms with Gasteiger partial charge in [-0.25, -0.2) is 4.39 Å². The number of halogens is 1. The Bertz CT molecular complexity index is 426. The van der Waals surface area contributed by atoms with Crippen molar-refractivity contribution in [2.24, 2.45) is 0 Å². The number of hydrogen-bond acceptors (Lipinski definition) is 3. The lowest BCUT2D eigenvalue weighted by Gasteiger charge is -2.36. The van der Waals surface area contributed by atoms with Crippen molar-refractivity contribution < 1.29 is 4.39 Å². The van der Waals surface area contributed by atoms with Crippen LogP contribution >= 0.6 is 0 Å². The molecule has 1 heterocycles. The molecule has 1 N–H and O–H groups in total. The molecule has 4 heteroatoms. The molecule has 112 valence electrons. The standard InChI is InChI=1S/C16H26FN3/c1-4-19-8-10-20(11-9-19)16-7-5-6-15(17)14(16)12-18-13(2)3/h5-7,13,18H,4,8-12H2,1-3H3. The summed E-state index contributed by atoms with van der Waals surface area (Å²) in [7, 11) is 0. The first-order valence-electron chi connectivity index (χ1n) is 7.60. The Morgan fingerprint density at radius 1 is 1.20 bits per heavy atom. The molecule has 0 unspecified atom stereocenters. The van der Waals surface area contributed by atoms with Crippen molar-refractivity contribution in [1.29, 1.82) is 0 Å². The van der Waals surface area contributed by atoms with Gasteiger partial charge in [-0.15, -0.1) is 0 Å². The normalized spacial score (nSPS) is 16.9. The van der Waals surface area contributed by atoms with E-state index in [4.69, 9.17) is 0 Å². The lowest BCUT2D eigenvalue weighted by molar-refractivity contribution is 0.271. The Labute approximate surface area is 121 Å². The minimum absolute atomic E-state index is 0.103. The lowest BCUT2D eigenvalue weighted by Crippen LogP contribution is -2.46. The number of nitrogens with zero attached hydrogens (tertiary/aromatic N) is 2. The molecule has 0 saturated carbocycles. The van der Waals surface area contributed by atoms with Crippen LogP contribution in [0.1, 0.15) is 26.3 Å². The van der Waals surface area contributed by atoms with Crippen molar-refractivity contribution in [3.05, 3.63) is 29.6 Å². The maximum Gasteiger partial charge on any atom is 0.129 e. The van der Waals surface area contributed by atoms with Gasteiger partial charge in [-0.05, 0) is 18.7 Å². The first-order valence-corrected chi connectivity index (χ1v) is 7.60. The van der Waals surface area contributed by atoms with Gasteiger partial charge in [0.25, 0.3) is 0 Å². The number of hydrogen-bond donors (Lipinski definition) is 1. The summed E-state index contributed by atoms with van der Waals surface area (Å²) in [5.41, 5.74) is 1.85. The van der Waals surface area contributed by atoms with E-state index in [0.29, 0.717) is 12.6 Å². The third kappa shape index (κ3) is 3.70. The number of piperazine rings is 1. The van der Waals surface area contributed by atoms with E-state index in [0.717, 1.165) is 44.0 Å². The van der Waals surface area contributed by atoms with Crippen LogP contribution in [0, 0.1) is 5.82 Å². The fourth-order valence-electron chi connectivity index (χ4n) is 2.63. The quantitative estimate of drug-likeness (QED) is 0.893. The Morgan fingerprint density at radius 3 is 2.50 bits per heavy atom. The van der Waals surface area contributed by atoms with Gasteiger partial charge in [-0.3, -0.25) is 0 Å². The molecule has 0 radical (unpaired) electrons. The molecule has 0 amide bonds. The van der Waals surface area contributed by atoms with Crippen molar-refractivity contribution >= 4 is 5.69 Å². The van der Waals surface area contributed by atoms with Crippen molar-refractivity contribution in [2.45, 2.75) is 33.4 Å². The molecule has 20 heavy (non-hydrogen) atoms. The molecular formula is C16H26FN3. The minimum atomic E-state index is -0.103. The van der Waals surface area contributed by atoms with E-state index in [-0.39, 0.29) is 5.82 Å². The van der Waals surface area contributed by atoms with Crippen LogP contribution in [0.15, 0.2) is 18.2 Å². The first-order chi connectivity index (χ1) is 9.61. The molecule has 0 aromatic heterocycles. The smallest absolute Gasteiger partial charge is 0.129 e. The number of anilines is 1. The van der Waals surface area contributed by atoms with E-state index < -0.39 is 0 Å². The van der Waals surface area contributed by atoms with E-state index in [2.05, 4.69) is 35.9 Å². The lowest BCUT2D eigenvalue weighted by atomic mass is 10.1. The highest BCUT2D eigenvalue weighted by atomic mass is 19.1. The molecule has 2 rings (SSSR count). The van der Waals surface area contributed by atoms with Gasteiger partial charge in [0.05, 0.1) is 0 Å². The summed E-state index contributed by atoms with van der Waals surface area (Å²) in [5, 5.41) is 3.32. The van der Waals surface area contributed by atoms with Gasteiger partial charge in [0.15, 0.2) is 0 Å². The van der Waals surface area contributed by atoms with Crippen LogP contribution in [-0.4, -0.2) is 43.7 Å². The van der Waals surface area contributed by atoms with E-state index >= 15 is 0 Å². The summed E-state index contributed by atoms with van der Waals surface area (Å²) in [5.74, 6) is -0.103. The number of rotatable bonds is 5. The number of nitrogens with one attached hydrogen (secondary N) is 1. The molecule has 0 atom stereocenters. The largest absolute Gasteiger partial charge is 0.369 e. The molecule has 0 aliphatic carbocycles.